The SMILES string of the molecule is CCC(=O)n1nc(C(C)(C)C)cc1NC(=O)Nc1ccc(Oc2ccnc3cc(OC)c(C(N)=O)cc23)cc1Cl. The molecule has 40 heavy (non-hydrogen) atoms. The van der Waals surface area contributed by atoms with Gasteiger partial charge in [0.2, 0.25) is 5.91 Å². The summed E-state index contributed by atoms with van der Waals surface area (Å²) in [6.45, 7) is 7.61. The topological polar surface area (TPSA) is 150 Å². The van der Waals surface area contributed by atoms with Crippen molar-refractivity contribution < 1.29 is 23.9 Å². The van der Waals surface area contributed by atoms with Gasteiger partial charge in [0.05, 0.1) is 34.6 Å². The van der Waals surface area contributed by atoms with Gasteiger partial charge in [-0.25, -0.2) is 4.79 Å². The number of methoxy groups -OCH3 is 1. The van der Waals surface area contributed by atoms with Gasteiger partial charge in [-0.05, 0) is 24.3 Å². The monoisotopic (exact) mass is 564 g/mol. The lowest BCUT2D eigenvalue weighted by atomic mass is 9.92. The Morgan fingerprint density at radius 2 is 1.80 bits per heavy atom. The molecule has 11 nitrogen and oxygen atoms in total. The van der Waals surface area contributed by atoms with Gasteiger partial charge in [-0.3, -0.25) is 19.9 Å². The highest BCUT2D eigenvalue weighted by molar-refractivity contribution is 6.34. The van der Waals surface area contributed by atoms with Crippen LogP contribution in [-0.2, 0) is 5.41 Å². The van der Waals surface area contributed by atoms with Crippen molar-refractivity contribution in [2.24, 2.45) is 5.73 Å². The largest absolute Gasteiger partial charge is 0.496 e. The van der Waals surface area contributed by atoms with Gasteiger partial charge in [-0.2, -0.15) is 9.78 Å². The Balaban J connectivity index is 1.54. The molecule has 4 rings (SSSR count). The molecule has 0 spiro atoms. The van der Waals surface area contributed by atoms with E-state index in [9.17, 15) is 14.4 Å². The van der Waals surface area contributed by atoms with Crippen LogP contribution in [0.1, 0.15) is 55.0 Å². The van der Waals surface area contributed by atoms with Crippen LogP contribution in [0.2, 0.25) is 5.02 Å². The van der Waals surface area contributed by atoms with Crippen LogP contribution in [0.5, 0.6) is 17.2 Å². The van der Waals surface area contributed by atoms with E-state index in [1.54, 1.807) is 49.5 Å². The Kier molecular flexibility index (Phi) is 7.96. The maximum absolute atomic E-state index is 12.8. The fourth-order valence-electron chi connectivity index (χ4n) is 3.83. The van der Waals surface area contributed by atoms with Crippen molar-refractivity contribution in [2.75, 3.05) is 17.7 Å². The number of halogens is 1. The lowest BCUT2D eigenvalue weighted by Crippen LogP contribution is -2.23. The van der Waals surface area contributed by atoms with E-state index in [4.69, 9.17) is 26.8 Å². The first kappa shape index (κ1) is 28.4. The Morgan fingerprint density at radius 3 is 2.42 bits per heavy atom. The molecule has 12 heteroatoms. The van der Waals surface area contributed by atoms with Crippen LogP contribution >= 0.6 is 11.6 Å². The van der Waals surface area contributed by atoms with Gasteiger partial charge in [0.15, 0.2) is 0 Å². The van der Waals surface area contributed by atoms with E-state index in [2.05, 4.69) is 20.7 Å². The van der Waals surface area contributed by atoms with E-state index in [1.165, 1.54) is 17.9 Å². The number of hydrogen-bond donors (Lipinski definition) is 3. The van der Waals surface area contributed by atoms with Crippen LogP contribution in [0.3, 0.4) is 0 Å². The first-order chi connectivity index (χ1) is 18.9. The molecule has 0 aliphatic heterocycles. The molecule has 4 N–H and O–H groups in total. The number of nitrogens with two attached hydrogens (primary N) is 1. The molecule has 0 fully saturated rings. The van der Waals surface area contributed by atoms with Crippen LogP contribution in [0.4, 0.5) is 16.3 Å². The lowest BCUT2D eigenvalue weighted by Gasteiger charge is -2.13. The summed E-state index contributed by atoms with van der Waals surface area (Å²) >= 11 is 6.45. The highest BCUT2D eigenvalue weighted by atomic mass is 35.5. The summed E-state index contributed by atoms with van der Waals surface area (Å²) in [4.78, 5) is 41.4. The Labute approximate surface area is 235 Å². The lowest BCUT2D eigenvalue weighted by molar-refractivity contribution is 0.0894. The van der Waals surface area contributed by atoms with Gasteiger partial charge in [-0.1, -0.05) is 39.3 Å². The van der Waals surface area contributed by atoms with Crippen molar-refractivity contribution in [3.8, 4) is 17.2 Å². The van der Waals surface area contributed by atoms with Gasteiger partial charge >= 0.3 is 6.03 Å². The van der Waals surface area contributed by atoms with Gasteiger partial charge < -0.3 is 20.5 Å². The summed E-state index contributed by atoms with van der Waals surface area (Å²) in [6, 6.07) is 10.6. The van der Waals surface area contributed by atoms with Crippen LogP contribution in [0.15, 0.2) is 48.7 Å². The average Bonchev–Trinajstić information content (AvgIpc) is 3.33. The minimum atomic E-state index is -0.651. The van der Waals surface area contributed by atoms with Crippen molar-refractivity contribution in [1.29, 1.82) is 0 Å². The van der Waals surface area contributed by atoms with Crippen LogP contribution in [0, 0.1) is 0 Å². The molecule has 2 aromatic heterocycles. The number of anilines is 2. The fourth-order valence-corrected chi connectivity index (χ4v) is 4.05. The third-order valence-corrected chi connectivity index (χ3v) is 6.28. The minimum Gasteiger partial charge on any atom is -0.496 e. The number of aromatic nitrogens is 3. The van der Waals surface area contributed by atoms with Crippen molar-refractivity contribution in [1.82, 2.24) is 14.8 Å². The predicted molar refractivity (Wildman–Crippen MR) is 153 cm³/mol. The number of ether oxygens (including phenoxy) is 2. The number of urea groups is 1. The maximum Gasteiger partial charge on any atom is 0.324 e. The number of rotatable bonds is 7. The molecule has 0 radical (unpaired) electrons. The zero-order valence-corrected chi connectivity index (χ0v) is 23.4. The zero-order valence-electron chi connectivity index (χ0n) is 22.7. The van der Waals surface area contributed by atoms with E-state index in [-0.39, 0.29) is 34.1 Å². The quantitative estimate of drug-likeness (QED) is 0.250. The predicted octanol–water partition coefficient (Wildman–Crippen LogP) is 5.98. The number of nitrogens with zero attached hydrogens (tertiary/aromatic N) is 3. The van der Waals surface area contributed by atoms with E-state index in [0.29, 0.717) is 39.5 Å². The summed E-state index contributed by atoms with van der Waals surface area (Å²) in [6.07, 6.45) is 1.78. The van der Waals surface area contributed by atoms with E-state index in [1.807, 2.05) is 20.8 Å². The normalized spacial score (nSPS) is 11.2. The molecule has 0 saturated heterocycles. The first-order valence-electron chi connectivity index (χ1n) is 12.4. The maximum atomic E-state index is 12.8. The zero-order chi connectivity index (χ0) is 29.2. The number of pyridine rings is 1. The molecule has 208 valence electrons. The summed E-state index contributed by atoms with van der Waals surface area (Å²) in [5.41, 5.74) is 6.88. The van der Waals surface area contributed by atoms with Crippen molar-refractivity contribution in [3.05, 3.63) is 64.9 Å². The number of fused-ring (bicyclic) bond motifs is 1. The standard InChI is InChI=1S/C28H29ClN6O5/c1-6-25(36)35-24(14-23(34-35)28(2,3)4)33-27(38)32-19-8-7-15(11-18(19)29)40-21-9-10-31-20-13-22(39-5)17(26(30)37)12-16(20)21/h7-14H,6H2,1-5H3,(H2,30,37)(H2,32,33,38). The summed E-state index contributed by atoms with van der Waals surface area (Å²) in [5.74, 6) is 0.437. The third kappa shape index (κ3) is 5.99. The molecule has 2 aromatic carbocycles. The Hall–Kier alpha value is -4.64. The molecular formula is C28H29ClN6O5. The second-order valence-electron chi connectivity index (χ2n) is 9.89. The molecule has 0 atom stereocenters. The van der Waals surface area contributed by atoms with Gasteiger partial charge in [0, 0.05) is 41.6 Å². The smallest absolute Gasteiger partial charge is 0.324 e. The van der Waals surface area contributed by atoms with Crippen LogP contribution in [-0.4, -0.2) is 39.7 Å². The van der Waals surface area contributed by atoms with Crippen molar-refractivity contribution >= 4 is 51.9 Å². The summed E-state index contributed by atoms with van der Waals surface area (Å²) < 4.78 is 12.5. The summed E-state index contributed by atoms with van der Waals surface area (Å²) in [7, 11) is 1.44. The second-order valence-corrected chi connectivity index (χ2v) is 10.3. The van der Waals surface area contributed by atoms with Gasteiger partial charge in [0.1, 0.15) is 23.1 Å². The van der Waals surface area contributed by atoms with Gasteiger partial charge in [-0.15, -0.1) is 0 Å². The number of carbonyl (C=O) groups is 3. The Morgan fingerprint density at radius 1 is 1.05 bits per heavy atom. The molecule has 0 bridgehead atoms. The van der Waals surface area contributed by atoms with Crippen molar-refractivity contribution in [2.45, 2.75) is 39.5 Å². The molecular weight excluding hydrogens is 536 g/mol. The minimum absolute atomic E-state index is 0.188. The van der Waals surface area contributed by atoms with Crippen LogP contribution < -0.4 is 25.8 Å². The number of amides is 3. The Bertz CT molecular complexity index is 1630. The molecule has 0 aliphatic rings. The number of nitrogens with one attached hydrogen (secondary N) is 2. The molecule has 0 aliphatic carbocycles. The first-order valence-corrected chi connectivity index (χ1v) is 12.7. The molecule has 0 saturated carbocycles. The van der Waals surface area contributed by atoms with Gasteiger partial charge in [0.25, 0.3) is 5.91 Å². The van der Waals surface area contributed by atoms with Crippen molar-refractivity contribution in [3.63, 3.8) is 0 Å². The number of benzene rings is 2. The van der Waals surface area contributed by atoms with E-state index in [0.717, 1.165) is 0 Å². The highest BCUT2D eigenvalue weighted by Crippen LogP contribution is 2.35. The molecule has 0 unspecified atom stereocenters. The van der Waals surface area contributed by atoms with E-state index < -0.39 is 11.9 Å². The van der Waals surface area contributed by atoms with E-state index >= 15 is 0 Å². The molecule has 3 amide bonds. The number of hydrogen-bond acceptors (Lipinski definition) is 7. The fraction of sp³-hybridized carbons (Fsp3) is 0.250. The highest BCUT2D eigenvalue weighted by Gasteiger charge is 2.23. The summed E-state index contributed by atoms with van der Waals surface area (Å²) in [5, 5.41) is 10.5. The average molecular weight is 565 g/mol. The third-order valence-electron chi connectivity index (χ3n) is 5.96. The molecule has 2 heterocycles. The van der Waals surface area contributed by atoms with Crippen LogP contribution in [0.25, 0.3) is 10.9 Å². The second kappa shape index (κ2) is 11.2. The number of primary amides is 1. The number of carbonyl (C=O) groups excluding carboxylic acids is 3. The molecule has 4 aromatic rings.